The van der Waals surface area contributed by atoms with Crippen LogP contribution in [0, 0.1) is 18.8 Å². The Balaban J connectivity index is 1.48. The van der Waals surface area contributed by atoms with E-state index in [4.69, 9.17) is 10.7 Å². The van der Waals surface area contributed by atoms with Crippen LogP contribution in [0.25, 0.3) is 22.2 Å². The number of anilines is 1. The fourth-order valence-electron chi connectivity index (χ4n) is 4.78. The number of nitrogens with two attached hydrogens (primary N) is 1. The van der Waals surface area contributed by atoms with E-state index < -0.39 is 11.9 Å². The van der Waals surface area contributed by atoms with Gasteiger partial charge in [0.2, 0.25) is 0 Å². The fraction of sp³-hybridized carbons (Fsp3) is 0.133. The summed E-state index contributed by atoms with van der Waals surface area (Å²) in [5.41, 5.74) is 9.42. The first kappa shape index (κ1) is 25.5. The van der Waals surface area contributed by atoms with Crippen molar-refractivity contribution in [3.8, 4) is 17.5 Å². The van der Waals surface area contributed by atoms with Gasteiger partial charge in [0.15, 0.2) is 11.5 Å². The maximum absolute atomic E-state index is 14.2. The Morgan fingerprint density at radius 1 is 1.02 bits per heavy atom. The zero-order valence-electron chi connectivity index (χ0n) is 22.5. The predicted octanol–water partition coefficient (Wildman–Crippen LogP) is 2.94. The summed E-state index contributed by atoms with van der Waals surface area (Å²) in [6, 6.07) is 15.5. The highest BCUT2D eigenvalue weighted by Crippen LogP contribution is 2.22. The molecule has 0 aliphatic carbocycles. The summed E-state index contributed by atoms with van der Waals surface area (Å²) in [6.07, 6.45) is 5.06. The van der Waals surface area contributed by atoms with Gasteiger partial charge in [-0.15, -0.1) is 5.10 Å². The zero-order valence-corrected chi connectivity index (χ0v) is 22.5. The number of aromatic nitrogens is 7. The number of nitrogens with one attached hydrogen (secondary N) is 1. The molecule has 0 spiro atoms. The molecule has 202 valence electrons. The lowest BCUT2D eigenvalue weighted by molar-refractivity contribution is 0.0940. The Morgan fingerprint density at radius 2 is 1.80 bits per heavy atom. The van der Waals surface area contributed by atoms with Crippen LogP contribution in [0.1, 0.15) is 46.0 Å². The quantitative estimate of drug-likeness (QED) is 0.326. The number of aryl methyl sites for hydroxylation is 2. The summed E-state index contributed by atoms with van der Waals surface area (Å²) in [5.74, 6) is 6.19. The van der Waals surface area contributed by atoms with Crippen LogP contribution < -0.4 is 16.6 Å². The first-order chi connectivity index (χ1) is 19.8. The van der Waals surface area contributed by atoms with E-state index in [0.29, 0.717) is 33.6 Å². The first-order valence-corrected chi connectivity index (χ1v) is 12.8. The maximum atomic E-state index is 14.2. The molecule has 4 heterocycles. The molecular formula is C30H25N9O2. The normalized spacial score (nSPS) is 11.8. The van der Waals surface area contributed by atoms with Crippen molar-refractivity contribution < 1.29 is 4.79 Å². The summed E-state index contributed by atoms with van der Waals surface area (Å²) in [6.45, 7) is 3.64. The van der Waals surface area contributed by atoms with Crippen LogP contribution >= 0.6 is 0 Å². The van der Waals surface area contributed by atoms with Gasteiger partial charge < -0.3 is 11.1 Å². The van der Waals surface area contributed by atoms with Crippen LogP contribution in [-0.4, -0.2) is 39.8 Å². The number of fused-ring (bicyclic) bond motifs is 2. The Labute approximate surface area is 234 Å². The largest absolute Gasteiger partial charge is 0.381 e. The Bertz CT molecular complexity index is 2080. The van der Waals surface area contributed by atoms with Crippen molar-refractivity contribution in [2.75, 3.05) is 5.73 Å². The number of para-hydroxylation sites is 1. The van der Waals surface area contributed by atoms with E-state index in [0.717, 1.165) is 11.3 Å². The number of rotatable bonds is 4. The number of carbonyl (C=O) groups is 1. The van der Waals surface area contributed by atoms with Crippen molar-refractivity contribution in [3.05, 3.63) is 112 Å². The molecule has 1 amide bonds. The molecule has 0 saturated carbocycles. The van der Waals surface area contributed by atoms with Gasteiger partial charge in [0, 0.05) is 31.2 Å². The van der Waals surface area contributed by atoms with Crippen LogP contribution in [-0.2, 0) is 7.05 Å². The fourth-order valence-corrected chi connectivity index (χ4v) is 4.78. The van der Waals surface area contributed by atoms with E-state index in [1.165, 1.54) is 9.08 Å². The van der Waals surface area contributed by atoms with Gasteiger partial charge >= 0.3 is 0 Å². The van der Waals surface area contributed by atoms with Gasteiger partial charge in [-0.2, -0.15) is 5.10 Å². The molecule has 0 radical (unpaired) electrons. The average molecular weight is 544 g/mol. The average Bonchev–Trinajstić information content (AvgIpc) is 3.48. The van der Waals surface area contributed by atoms with Crippen LogP contribution in [0.2, 0.25) is 0 Å². The summed E-state index contributed by atoms with van der Waals surface area (Å²) in [7, 11) is 1.83. The van der Waals surface area contributed by atoms with Crippen LogP contribution in [0.5, 0.6) is 0 Å². The lowest BCUT2D eigenvalue weighted by Gasteiger charge is -2.20. The highest BCUT2D eigenvalue weighted by molar-refractivity contribution is 6.04. The second kappa shape index (κ2) is 10.1. The molecule has 3 N–H and O–H groups in total. The number of hydrogen-bond donors (Lipinski definition) is 2. The minimum atomic E-state index is -0.689. The number of hydrogen-bond acceptors (Lipinski definition) is 7. The summed E-state index contributed by atoms with van der Waals surface area (Å²) in [4.78, 5) is 36.7. The van der Waals surface area contributed by atoms with E-state index in [9.17, 15) is 9.59 Å². The van der Waals surface area contributed by atoms with Crippen molar-refractivity contribution in [2.24, 2.45) is 7.05 Å². The molecular weight excluding hydrogens is 518 g/mol. The number of carbonyl (C=O) groups excluding carboxylic acids is 1. The zero-order chi connectivity index (χ0) is 28.7. The topological polar surface area (TPSA) is 138 Å². The molecule has 11 nitrogen and oxygen atoms in total. The van der Waals surface area contributed by atoms with Gasteiger partial charge in [0.05, 0.1) is 33.9 Å². The van der Waals surface area contributed by atoms with Gasteiger partial charge in [-0.3, -0.25) is 18.8 Å². The molecule has 41 heavy (non-hydrogen) atoms. The summed E-state index contributed by atoms with van der Waals surface area (Å²) >= 11 is 0. The Hall–Kier alpha value is -5.76. The molecule has 0 aliphatic heterocycles. The first-order valence-electron chi connectivity index (χ1n) is 12.8. The van der Waals surface area contributed by atoms with E-state index in [1.54, 1.807) is 48.3 Å². The van der Waals surface area contributed by atoms with Crippen LogP contribution in [0.4, 0.5) is 5.82 Å². The minimum Gasteiger partial charge on any atom is -0.381 e. The van der Waals surface area contributed by atoms with Crippen molar-refractivity contribution >= 4 is 28.3 Å². The van der Waals surface area contributed by atoms with Gasteiger partial charge in [0.25, 0.3) is 11.5 Å². The standard InChI is InChI=1S/C30H25N9O2/c1-18-21(17-37(3)35-18)14-13-20-9-7-12-23-24(20)30(41)39(22-10-5-4-6-11-22)27(34-23)19(2)33-29(40)25-26(31)36-38-16-8-15-32-28(25)38/h4-12,15-17,19H,1-3H3,(H2,31,36)(H,33,40)/t19-/m0/s1. The molecule has 2 aromatic carbocycles. The molecule has 1 atom stereocenters. The molecule has 0 saturated heterocycles. The predicted molar refractivity (Wildman–Crippen MR) is 155 cm³/mol. The smallest absolute Gasteiger partial charge is 0.267 e. The second-order valence-electron chi connectivity index (χ2n) is 9.54. The molecule has 0 fully saturated rings. The second-order valence-corrected chi connectivity index (χ2v) is 9.54. The lowest BCUT2D eigenvalue weighted by atomic mass is 10.1. The van der Waals surface area contributed by atoms with Gasteiger partial charge in [-0.1, -0.05) is 36.1 Å². The van der Waals surface area contributed by atoms with E-state index in [1.807, 2.05) is 50.5 Å². The lowest BCUT2D eigenvalue weighted by Crippen LogP contribution is -2.33. The van der Waals surface area contributed by atoms with Gasteiger partial charge in [-0.05, 0) is 44.2 Å². The van der Waals surface area contributed by atoms with E-state index >= 15 is 0 Å². The number of nitrogens with zero attached hydrogens (tertiary/aromatic N) is 7. The SMILES string of the molecule is Cc1nn(C)cc1C#Cc1cccc2nc([C@H](C)NC(=O)c3c(N)nn4cccnc34)n(-c3ccccc3)c(=O)c12. The molecule has 4 aromatic heterocycles. The highest BCUT2D eigenvalue weighted by Gasteiger charge is 2.24. The molecule has 6 rings (SSSR count). The van der Waals surface area contributed by atoms with Gasteiger partial charge in [0.1, 0.15) is 11.4 Å². The third-order valence-corrected chi connectivity index (χ3v) is 6.67. The van der Waals surface area contributed by atoms with Crippen molar-refractivity contribution in [1.82, 2.24) is 39.2 Å². The van der Waals surface area contributed by atoms with Crippen LogP contribution in [0.15, 0.2) is 78.0 Å². The molecule has 6 aromatic rings. The molecule has 11 heteroatoms. The van der Waals surface area contributed by atoms with E-state index in [-0.39, 0.29) is 16.9 Å². The van der Waals surface area contributed by atoms with Gasteiger partial charge in [-0.25, -0.2) is 14.5 Å². The molecule has 0 bridgehead atoms. The third-order valence-electron chi connectivity index (χ3n) is 6.67. The Kier molecular flexibility index (Phi) is 6.28. The summed E-state index contributed by atoms with van der Waals surface area (Å²) in [5, 5.41) is 11.8. The highest BCUT2D eigenvalue weighted by atomic mass is 16.2. The third kappa shape index (κ3) is 4.57. The van der Waals surface area contributed by atoms with Crippen molar-refractivity contribution in [2.45, 2.75) is 19.9 Å². The van der Waals surface area contributed by atoms with Crippen molar-refractivity contribution in [3.63, 3.8) is 0 Å². The summed E-state index contributed by atoms with van der Waals surface area (Å²) < 4.78 is 4.65. The molecule has 0 unspecified atom stereocenters. The number of nitrogen functional groups attached to an aromatic ring is 1. The van der Waals surface area contributed by atoms with Crippen molar-refractivity contribution in [1.29, 1.82) is 0 Å². The molecule has 0 aliphatic rings. The Morgan fingerprint density at radius 3 is 2.56 bits per heavy atom. The van der Waals surface area contributed by atoms with E-state index in [2.05, 4.69) is 32.3 Å². The monoisotopic (exact) mass is 543 g/mol. The maximum Gasteiger partial charge on any atom is 0.267 e. The number of amides is 1. The number of benzene rings is 2. The van der Waals surface area contributed by atoms with Crippen LogP contribution in [0.3, 0.4) is 0 Å². The minimum absolute atomic E-state index is 0.0485.